The molecule has 0 aliphatic rings. The summed E-state index contributed by atoms with van der Waals surface area (Å²) >= 11 is 0. The Balaban J connectivity index is 2.07. The molecule has 9 heteroatoms. The van der Waals surface area contributed by atoms with Gasteiger partial charge in [-0.2, -0.15) is 5.26 Å². The van der Waals surface area contributed by atoms with Crippen LogP contribution in [0.2, 0.25) is 0 Å². The van der Waals surface area contributed by atoms with Crippen LogP contribution in [-0.2, 0) is 17.2 Å². The third-order valence-corrected chi connectivity index (χ3v) is 5.12. The van der Waals surface area contributed by atoms with Crippen LogP contribution in [0.5, 0.6) is 0 Å². The molecule has 0 saturated heterocycles. The molecule has 3 rings (SSSR count). The van der Waals surface area contributed by atoms with Crippen molar-refractivity contribution in [2.45, 2.75) is 25.0 Å². The number of aromatic nitrogens is 4. The van der Waals surface area contributed by atoms with E-state index < -0.39 is 10.7 Å². The second-order valence-corrected chi connectivity index (χ2v) is 7.06. The first-order chi connectivity index (χ1) is 12.0. The smallest absolute Gasteiger partial charge is 0.328 e. The summed E-state index contributed by atoms with van der Waals surface area (Å²) in [6.45, 7) is 2.29. The van der Waals surface area contributed by atoms with E-state index in [1.165, 1.54) is 4.57 Å². The van der Waals surface area contributed by atoms with Crippen molar-refractivity contribution in [3.05, 3.63) is 45.9 Å². The summed E-state index contributed by atoms with van der Waals surface area (Å²) < 4.78 is 9.62. The fourth-order valence-corrected chi connectivity index (χ4v) is 3.45. The minimum absolute atomic E-state index is 0.177. The number of nitrogens with one attached hydrogen (secondary N) is 2. The highest BCUT2D eigenvalue weighted by Crippen LogP contribution is 2.17. The first-order valence-electron chi connectivity index (χ1n) is 7.70. The lowest BCUT2D eigenvalue weighted by Crippen LogP contribution is -2.18. The van der Waals surface area contributed by atoms with E-state index in [4.69, 9.17) is 15.8 Å². The van der Waals surface area contributed by atoms with Gasteiger partial charge in [-0.25, -0.2) is 14.8 Å². The highest BCUT2D eigenvalue weighted by atomic mass is 32.2. The molecule has 128 valence electrons. The van der Waals surface area contributed by atoms with Gasteiger partial charge in [0.15, 0.2) is 11.5 Å². The Kier molecular flexibility index (Phi) is 4.63. The molecule has 0 amide bonds. The Morgan fingerprint density at radius 1 is 1.36 bits per heavy atom. The second-order valence-electron chi connectivity index (χ2n) is 5.51. The minimum atomic E-state index is -0.867. The zero-order chi connectivity index (χ0) is 18.0. The van der Waals surface area contributed by atoms with E-state index in [-0.39, 0.29) is 11.5 Å². The van der Waals surface area contributed by atoms with Gasteiger partial charge in [-0.3, -0.25) is 9.35 Å². The quantitative estimate of drug-likeness (QED) is 0.599. The van der Waals surface area contributed by atoms with Crippen LogP contribution in [0.1, 0.15) is 24.5 Å². The summed E-state index contributed by atoms with van der Waals surface area (Å²) in [5, 5.41) is 9.22. The van der Waals surface area contributed by atoms with Gasteiger partial charge in [-0.15, -0.1) is 0 Å². The molecule has 0 spiro atoms. The SMILES string of the molecule is CCCS(=N)c1nc(N)c2[nH]c(=O)n(Cc3ccc(C#N)cc3)c2n1. The molecule has 0 aliphatic carbocycles. The zero-order valence-electron chi connectivity index (χ0n) is 13.6. The summed E-state index contributed by atoms with van der Waals surface area (Å²) in [6.07, 6.45) is 0.846. The molecule has 1 aromatic carbocycles. The van der Waals surface area contributed by atoms with Crippen molar-refractivity contribution >= 4 is 27.7 Å². The van der Waals surface area contributed by atoms with Gasteiger partial charge in [0.25, 0.3) is 0 Å². The van der Waals surface area contributed by atoms with Crippen LogP contribution in [0.3, 0.4) is 0 Å². The molecule has 0 bridgehead atoms. The van der Waals surface area contributed by atoms with E-state index >= 15 is 0 Å². The number of imidazole rings is 1. The molecule has 2 heterocycles. The average Bonchev–Trinajstić information content (AvgIpc) is 2.92. The van der Waals surface area contributed by atoms with Crippen molar-refractivity contribution in [1.29, 1.82) is 10.0 Å². The van der Waals surface area contributed by atoms with Crippen molar-refractivity contribution < 1.29 is 0 Å². The lowest BCUT2D eigenvalue weighted by atomic mass is 10.1. The van der Waals surface area contributed by atoms with E-state index in [0.717, 1.165) is 12.0 Å². The van der Waals surface area contributed by atoms with Crippen molar-refractivity contribution in [2.24, 2.45) is 0 Å². The average molecular weight is 355 g/mol. The summed E-state index contributed by atoms with van der Waals surface area (Å²) in [7, 11) is -0.867. The van der Waals surface area contributed by atoms with Crippen molar-refractivity contribution in [3.63, 3.8) is 0 Å². The Morgan fingerprint density at radius 2 is 2.08 bits per heavy atom. The van der Waals surface area contributed by atoms with E-state index in [1.54, 1.807) is 24.3 Å². The normalized spacial score (nSPS) is 12.2. The number of nitrogens with zero attached hydrogens (tertiary/aromatic N) is 4. The maximum absolute atomic E-state index is 12.3. The number of fused-ring (bicyclic) bond motifs is 1. The van der Waals surface area contributed by atoms with E-state index in [1.807, 2.05) is 6.92 Å². The maximum atomic E-state index is 12.3. The number of nitrogens with two attached hydrogens (primary N) is 1. The predicted octanol–water partition coefficient (Wildman–Crippen LogP) is 1.77. The van der Waals surface area contributed by atoms with Crippen LogP contribution in [-0.4, -0.2) is 25.3 Å². The molecule has 0 saturated carbocycles. The highest BCUT2D eigenvalue weighted by molar-refractivity contribution is 7.85. The molecule has 0 fully saturated rings. The van der Waals surface area contributed by atoms with Gasteiger partial charge >= 0.3 is 5.69 Å². The number of anilines is 1. The predicted molar refractivity (Wildman–Crippen MR) is 96.3 cm³/mol. The third-order valence-electron chi connectivity index (χ3n) is 3.68. The van der Waals surface area contributed by atoms with Crippen LogP contribution in [0, 0.1) is 16.1 Å². The van der Waals surface area contributed by atoms with Crippen LogP contribution in [0.15, 0.2) is 34.2 Å². The second kappa shape index (κ2) is 6.86. The van der Waals surface area contributed by atoms with Gasteiger partial charge in [-0.1, -0.05) is 19.1 Å². The number of nitriles is 1. The zero-order valence-corrected chi connectivity index (χ0v) is 14.4. The van der Waals surface area contributed by atoms with Crippen LogP contribution in [0.25, 0.3) is 11.2 Å². The van der Waals surface area contributed by atoms with Gasteiger partial charge in [0.2, 0.25) is 5.16 Å². The number of aromatic amines is 1. The molecule has 2 aromatic heterocycles. The lowest BCUT2D eigenvalue weighted by molar-refractivity contribution is 0.771. The number of H-pyrrole nitrogens is 1. The molecule has 1 atom stereocenters. The van der Waals surface area contributed by atoms with E-state index in [2.05, 4.69) is 21.0 Å². The molecule has 0 aliphatic heterocycles. The van der Waals surface area contributed by atoms with Crippen LogP contribution < -0.4 is 11.4 Å². The third kappa shape index (κ3) is 3.29. The van der Waals surface area contributed by atoms with Gasteiger partial charge in [-0.05, 0) is 34.8 Å². The Labute approximate surface area is 146 Å². The molecule has 1 unspecified atom stereocenters. The standard InChI is InChI=1S/C16H17N7OS/c1-2-7-25(19)15-21-13(18)12-14(22-15)23(16(24)20-12)9-11-5-3-10(8-17)4-6-11/h3-6,19H,2,7,9H2,1H3,(H,20,24)(H2,18,21,22). The molecule has 4 N–H and O–H groups in total. The highest BCUT2D eigenvalue weighted by Gasteiger charge is 2.15. The fraction of sp³-hybridized carbons (Fsp3) is 0.250. The van der Waals surface area contributed by atoms with Gasteiger partial charge in [0, 0.05) is 5.75 Å². The molecule has 3 aromatic rings. The summed E-state index contributed by atoms with van der Waals surface area (Å²) in [6, 6.07) is 9.05. The summed E-state index contributed by atoms with van der Waals surface area (Å²) in [5.41, 5.74) is 7.82. The Bertz CT molecular complexity index is 1040. The van der Waals surface area contributed by atoms with Crippen molar-refractivity contribution in [3.8, 4) is 6.07 Å². The number of nitrogen functional groups attached to an aromatic ring is 1. The van der Waals surface area contributed by atoms with Gasteiger partial charge in [0.1, 0.15) is 5.52 Å². The van der Waals surface area contributed by atoms with Crippen molar-refractivity contribution in [1.82, 2.24) is 19.5 Å². The number of hydrogen-bond acceptors (Lipinski definition) is 6. The molecule has 8 nitrogen and oxygen atoms in total. The number of hydrogen-bond donors (Lipinski definition) is 3. The van der Waals surface area contributed by atoms with Gasteiger partial charge < -0.3 is 10.7 Å². The molecule has 0 radical (unpaired) electrons. The monoisotopic (exact) mass is 355 g/mol. The lowest BCUT2D eigenvalue weighted by Gasteiger charge is -2.07. The molecular weight excluding hydrogens is 338 g/mol. The largest absolute Gasteiger partial charge is 0.382 e. The number of rotatable bonds is 5. The van der Waals surface area contributed by atoms with E-state index in [0.29, 0.717) is 34.2 Å². The van der Waals surface area contributed by atoms with Crippen LogP contribution in [0.4, 0.5) is 5.82 Å². The van der Waals surface area contributed by atoms with Crippen LogP contribution >= 0.6 is 0 Å². The first kappa shape index (κ1) is 16.9. The molecule has 25 heavy (non-hydrogen) atoms. The first-order valence-corrected chi connectivity index (χ1v) is 9.10. The Hall–Kier alpha value is -2.99. The van der Waals surface area contributed by atoms with Crippen molar-refractivity contribution in [2.75, 3.05) is 11.5 Å². The van der Waals surface area contributed by atoms with Gasteiger partial charge in [0.05, 0.1) is 18.2 Å². The maximum Gasteiger partial charge on any atom is 0.328 e. The van der Waals surface area contributed by atoms with E-state index in [9.17, 15) is 4.79 Å². The minimum Gasteiger partial charge on any atom is -0.382 e. The summed E-state index contributed by atoms with van der Waals surface area (Å²) in [4.78, 5) is 23.6. The molecular formula is C16H17N7OS. The Morgan fingerprint density at radius 3 is 2.72 bits per heavy atom. The fourth-order valence-electron chi connectivity index (χ4n) is 2.45. The summed E-state index contributed by atoms with van der Waals surface area (Å²) in [5.74, 6) is 0.825. The topological polar surface area (TPSA) is 137 Å². The number of benzene rings is 1.